The zero-order valence-electron chi connectivity index (χ0n) is 7.27. The number of fused-ring (bicyclic) bond motifs is 1. The van der Waals surface area contributed by atoms with Crippen LogP contribution in [-0.2, 0) is 11.3 Å². The Labute approximate surface area is 78.7 Å². The van der Waals surface area contributed by atoms with Crippen molar-refractivity contribution in [2.24, 2.45) is 5.73 Å². The maximum Gasteiger partial charge on any atom is 0.290 e. The van der Waals surface area contributed by atoms with Gasteiger partial charge in [-0.1, -0.05) is 12.1 Å². The second kappa shape index (κ2) is 3.02. The van der Waals surface area contributed by atoms with Crippen molar-refractivity contribution in [1.29, 1.82) is 0 Å². The van der Waals surface area contributed by atoms with E-state index in [9.17, 15) is 9.59 Å². The standard InChI is InChI=1S/C9H8N2O3/c10-8(12)5-11-9(13)6-3-1-2-4-7(6)14-11/h1-4H,5H2,(H2,10,12). The maximum absolute atomic E-state index is 11.5. The zero-order chi connectivity index (χ0) is 10.1. The van der Waals surface area contributed by atoms with Gasteiger partial charge in [-0.25, -0.2) is 0 Å². The minimum Gasteiger partial charge on any atom is -0.375 e. The first-order chi connectivity index (χ1) is 6.68. The summed E-state index contributed by atoms with van der Waals surface area (Å²) < 4.78 is 6.06. The van der Waals surface area contributed by atoms with Gasteiger partial charge in [0, 0.05) is 0 Å². The van der Waals surface area contributed by atoms with Crippen LogP contribution in [0.4, 0.5) is 0 Å². The van der Waals surface area contributed by atoms with Crippen LogP contribution in [0.5, 0.6) is 0 Å². The molecule has 72 valence electrons. The smallest absolute Gasteiger partial charge is 0.290 e. The molecule has 0 radical (unpaired) electrons. The van der Waals surface area contributed by atoms with E-state index in [0.29, 0.717) is 11.0 Å². The molecule has 0 aliphatic heterocycles. The number of para-hydroxylation sites is 1. The number of carbonyl (C=O) groups is 1. The number of carbonyl (C=O) groups excluding carboxylic acids is 1. The predicted molar refractivity (Wildman–Crippen MR) is 49.7 cm³/mol. The van der Waals surface area contributed by atoms with Gasteiger partial charge in [0.2, 0.25) is 5.91 Å². The van der Waals surface area contributed by atoms with Crippen LogP contribution in [0.25, 0.3) is 11.0 Å². The number of nitrogens with zero attached hydrogens (tertiary/aromatic N) is 1. The van der Waals surface area contributed by atoms with Crippen molar-refractivity contribution in [3.05, 3.63) is 34.6 Å². The molecule has 1 aromatic carbocycles. The molecule has 0 atom stereocenters. The van der Waals surface area contributed by atoms with Crippen molar-refractivity contribution in [1.82, 2.24) is 4.74 Å². The number of amides is 1. The van der Waals surface area contributed by atoms with E-state index >= 15 is 0 Å². The number of hydrogen-bond acceptors (Lipinski definition) is 3. The molecule has 0 spiro atoms. The molecule has 14 heavy (non-hydrogen) atoms. The molecule has 0 bridgehead atoms. The lowest BCUT2D eigenvalue weighted by molar-refractivity contribution is -0.119. The topological polar surface area (TPSA) is 78.2 Å². The predicted octanol–water partition coefficient (Wildman–Crippen LogP) is 0.0798. The molecular weight excluding hydrogens is 184 g/mol. The number of benzene rings is 1. The SMILES string of the molecule is NC(=O)Cn1oc2ccccc2c1=O. The van der Waals surface area contributed by atoms with Gasteiger partial charge in [-0.15, -0.1) is 0 Å². The average molecular weight is 192 g/mol. The second-order valence-electron chi connectivity index (χ2n) is 2.90. The van der Waals surface area contributed by atoms with Crippen molar-refractivity contribution in [3.8, 4) is 0 Å². The Hall–Kier alpha value is -2.04. The fraction of sp³-hybridized carbons (Fsp3) is 0.111. The highest BCUT2D eigenvalue weighted by molar-refractivity contribution is 5.77. The van der Waals surface area contributed by atoms with Crippen molar-refractivity contribution in [2.75, 3.05) is 0 Å². The second-order valence-corrected chi connectivity index (χ2v) is 2.90. The largest absolute Gasteiger partial charge is 0.375 e. The van der Waals surface area contributed by atoms with E-state index in [0.717, 1.165) is 4.74 Å². The molecule has 1 aromatic heterocycles. The van der Waals surface area contributed by atoms with Crippen LogP contribution in [-0.4, -0.2) is 10.6 Å². The minimum atomic E-state index is -0.605. The van der Waals surface area contributed by atoms with Gasteiger partial charge in [0.25, 0.3) is 5.56 Å². The summed E-state index contributed by atoms with van der Waals surface area (Å²) in [6.07, 6.45) is 0. The van der Waals surface area contributed by atoms with Crippen LogP contribution >= 0.6 is 0 Å². The highest BCUT2D eigenvalue weighted by Gasteiger charge is 2.09. The minimum absolute atomic E-state index is 0.229. The molecule has 2 rings (SSSR count). The van der Waals surface area contributed by atoms with Crippen LogP contribution in [0.3, 0.4) is 0 Å². The number of nitrogens with two attached hydrogens (primary N) is 1. The quantitative estimate of drug-likeness (QED) is 0.731. The average Bonchev–Trinajstić information content (AvgIpc) is 2.44. The Morgan fingerprint density at radius 3 is 2.79 bits per heavy atom. The molecule has 2 N–H and O–H groups in total. The lowest BCUT2D eigenvalue weighted by Crippen LogP contribution is -2.24. The Balaban J connectivity index is 2.63. The highest BCUT2D eigenvalue weighted by atomic mass is 16.5. The number of primary amides is 1. The van der Waals surface area contributed by atoms with Gasteiger partial charge in [-0.05, 0) is 12.1 Å². The molecule has 2 aromatic rings. The summed E-state index contributed by atoms with van der Waals surface area (Å²) >= 11 is 0. The monoisotopic (exact) mass is 192 g/mol. The van der Waals surface area contributed by atoms with Crippen LogP contribution < -0.4 is 11.3 Å². The summed E-state index contributed by atoms with van der Waals surface area (Å²) in [7, 11) is 0. The molecule has 1 amide bonds. The van der Waals surface area contributed by atoms with Crippen molar-refractivity contribution >= 4 is 16.9 Å². The van der Waals surface area contributed by atoms with E-state index < -0.39 is 5.91 Å². The van der Waals surface area contributed by atoms with E-state index in [1.165, 1.54) is 0 Å². The summed E-state index contributed by atoms with van der Waals surface area (Å²) in [5.74, 6) is -0.605. The van der Waals surface area contributed by atoms with E-state index in [-0.39, 0.29) is 12.1 Å². The van der Waals surface area contributed by atoms with E-state index in [1.54, 1.807) is 24.3 Å². The number of hydrogen-bond donors (Lipinski definition) is 1. The lowest BCUT2D eigenvalue weighted by atomic mass is 10.3. The fourth-order valence-electron chi connectivity index (χ4n) is 1.26. The molecular formula is C9H8N2O3. The molecule has 0 saturated carbocycles. The molecule has 5 nitrogen and oxygen atoms in total. The molecule has 0 aliphatic carbocycles. The Morgan fingerprint density at radius 2 is 2.14 bits per heavy atom. The first-order valence-corrected chi connectivity index (χ1v) is 4.05. The summed E-state index contributed by atoms with van der Waals surface area (Å²) in [5, 5.41) is 0.453. The first kappa shape index (κ1) is 8.55. The highest BCUT2D eigenvalue weighted by Crippen LogP contribution is 2.08. The van der Waals surface area contributed by atoms with Crippen molar-refractivity contribution < 1.29 is 9.32 Å². The van der Waals surface area contributed by atoms with Gasteiger partial charge in [0.1, 0.15) is 6.54 Å². The van der Waals surface area contributed by atoms with Gasteiger partial charge in [0.15, 0.2) is 5.58 Å². The number of rotatable bonds is 2. The van der Waals surface area contributed by atoms with Gasteiger partial charge in [-0.3, -0.25) is 9.59 Å². The van der Waals surface area contributed by atoms with Crippen LogP contribution in [0.1, 0.15) is 0 Å². The molecule has 0 fully saturated rings. The third kappa shape index (κ3) is 1.28. The molecule has 5 heteroatoms. The van der Waals surface area contributed by atoms with Crippen LogP contribution in [0, 0.1) is 0 Å². The maximum atomic E-state index is 11.5. The normalized spacial score (nSPS) is 10.6. The van der Waals surface area contributed by atoms with E-state index in [4.69, 9.17) is 10.3 Å². The Kier molecular flexibility index (Phi) is 1.85. The summed E-state index contributed by atoms with van der Waals surface area (Å²) in [6, 6.07) is 6.78. The van der Waals surface area contributed by atoms with Crippen molar-refractivity contribution in [3.63, 3.8) is 0 Å². The van der Waals surface area contributed by atoms with Gasteiger partial charge in [0.05, 0.1) is 5.39 Å². The van der Waals surface area contributed by atoms with Gasteiger partial charge in [-0.2, -0.15) is 4.74 Å². The Morgan fingerprint density at radius 1 is 1.43 bits per heavy atom. The molecule has 0 aliphatic rings. The lowest BCUT2D eigenvalue weighted by Gasteiger charge is -1.92. The molecule has 0 saturated heterocycles. The van der Waals surface area contributed by atoms with Gasteiger partial charge < -0.3 is 10.3 Å². The van der Waals surface area contributed by atoms with E-state index in [2.05, 4.69) is 0 Å². The summed E-state index contributed by atoms with van der Waals surface area (Å²) in [5.41, 5.74) is 5.08. The van der Waals surface area contributed by atoms with Crippen molar-refractivity contribution in [2.45, 2.75) is 6.54 Å². The number of aromatic nitrogens is 1. The third-order valence-electron chi connectivity index (χ3n) is 1.85. The van der Waals surface area contributed by atoms with E-state index in [1.807, 2.05) is 0 Å². The van der Waals surface area contributed by atoms with Crippen LogP contribution in [0.2, 0.25) is 0 Å². The Bertz CT molecular complexity index is 538. The summed E-state index contributed by atoms with van der Waals surface area (Å²) in [6.45, 7) is -0.229. The first-order valence-electron chi connectivity index (χ1n) is 4.05. The third-order valence-corrected chi connectivity index (χ3v) is 1.85. The zero-order valence-corrected chi connectivity index (χ0v) is 7.27. The summed E-state index contributed by atoms with van der Waals surface area (Å²) in [4.78, 5) is 22.1. The molecule has 0 unspecified atom stereocenters. The fourth-order valence-corrected chi connectivity index (χ4v) is 1.26. The van der Waals surface area contributed by atoms with Gasteiger partial charge >= 0.3 is 0 Å². The van der Waals surface area contributed by atoms with Crippen LogP contribution in [0.15, 0.2) is 33.6 Å². The molecule has 1 heterocycles.